The molecule has 0 saturated heterocycles. The van der Waals surface area contributed by atoms with E-state index in [9.17, 15) is 5.48 Å². The van der Waals surface area contributed by atoms with E-state index in [0.29, 0.717) is 39.0 Å². The summed E-state index contributed by atoms with van der Waals surface area (Å²) >= 11 is 0. The Morgan fingerprint density at radius 3 is 1.64 bits per heavy atom. The highest BCUT2D eigenvalue weighted by molar-refractivity contribution is 6.25. The molecule has 0 saturated carbocycles. The van der Waals surface area contributed by atoms with Crippen LogP contribution in [-0.2, 0) is 0 Å². The number of fused-ring (bicyclic) bond motifs is 4. The molecule has 0 amide bonds. The maximum atomic E-state index is 9.48. The largest absolute Gasteiger partial charge is 0.455 e. The van der Waals surface area contributed by atoms with Crippen molar-refractivity contribution >= 4 is 43.3 Å². The molecule has 1 aromatic heterocycles. The lowest BCUT2D eigenvalue weighted by molar-refractivity contribution is 0.633. The van der Waals surface area contributed by atoms with Crippen molar-refractivity contribution in [3.63, 3.8) is 0 Å². The molecule has 0 aliphatic heterocycles. The fourth-order valence-electron chi connectivity index (χ4n) is 6.51. The van der Waals surface area contributed by atoms with E-state index in [2.05, 4.69) is 0 Å². The van der Waals surface area contributed by atoms with Gasteiger partial charge in [-0.15, -0.1) is 0 Å². The summed E-state index contributed by atoms with van der Waals surface area (Å²) in [6.45, 7) is 0. The number of rotatable bonds is 4. The van der Waals surface area contributed by atoms with Crippen molar-refractivity contribution in [2.24, 2.45) is 0 Å². The molecule has 0 N–H and O–H groups in total. The maximum absolute atomic E-state index is 9.48. The van der Waals surface area contributed by atoms with Crippen LogP contribution in [0.5, 0.6) is 0 Å². The monoisotopic (exact) mass is 580 g/mol. The smallest absolute Gasteiger partial charge is 0.143 e. The van der Waals surface area contributed by atoms with Crippen LogP contribution >= 0.6 is 0 Å². The summed E-state index contributed by atoms with van der Waals surface area (Å²) in [5, 5.41) is 3.21. The molecule has 0 fully saturated rings. The predicted octanol–water partition coefficient (Wildman–Crippen LogP) is 12.6. The first-order chi connectivity index (χ1) is 25.7. The van der Waals surface area contributed by atoms with Crippen molar-refractivity contribution in [2.75, 3.05) is 0 Å². The quantitative estimate of drug-likeness (QED) is 0.189. The van der Waals surface area contributed by atoms with E-state index in [-0.39, 0.29) is 51.3 Å². The third-order valence-electron chi connectivity index (χ3n) is 8.50. The summed E-state index contributed by atoms with van der Waals surface area (Å²) in [5.41, 5.74) is 4.52. The van der Waals surface area contributed by atoms with Crippen molar-refractivity contribution in [3.8, 4) is 44.7 Å². The second kappa shape index (κ2) is 10.4. The van der Waals surface area contributed by atoms with Crippen LogP contribution in [0.15, 0.2) is 174 Å². The van der Waals surface area contributed by atoms with Gasteiger partial charge in [0.2, 0.25) is 0 Å². The van der Waals surface area contributed by atoms with Gasteiger partial charge < -0.3 is 4.42 Å². The lowest BCUT2D eigenvalue weighted by Gasteiger charge is -2.18. The van der Waals surface area contributed by atoms with Crippen LogP contribution in [0.25, 0.3) is 88.0 Å². The molecule has 0 spiro atoms. The standard InChI is InChI=1S/C44H28O/c1-3-15-30(16-4-1)34-24-13-25-39-42(43(45-44(34)39)33-27-26-29-14-7-8-19-32(29)28-33)41-37-22-11-9-20-35(37)40(31-17-5-2-6-18-31)36-21-10-12-23-38(36)41/h1-28H/i9D,10D,11D,12D,20D,21D,22D,23D. The van der Waals surface area contributed by atoms with Gasteiger partial charge in [0.1, 0.15) is 11.3 Å². The summed E-state index contributed by atoms with van der Waals surface area (Å²) in [7, 11) is 0. The molecule has 0 bridgehead atoms. The van der Waals surface area contributed by atoms with Crippen molar-refractivity contribution in [3.05, 3.63) is 170 Å². The molecule has 0 unspecified atom stereocenters. The molecule has 210 valence electrons. The van der Waals surface area contributed by atoms with Gasteiger partial charge >= 0.3 is 0 Å². The first-order valence-corrected chi connectivity index (χ1v) is 14.8. The Morgan fingerprint density at radius 2 is 0.978 bits per heavy atom. The molecule has 0 radical (unpaired) electrons. The molecular weight excluding hydrogens is 544 g/mol. The van der Waals surface area contributed by atoms with Gasteiger partial charge in [-0.05, 0) is 55.1 Å². The molecule has 9 rings (SSSR count). The van der Waals surface area contributed by atoms with Gasteiger partial charge in [0.15, 0.2) is 0 Å². The first kappa shape index (κ1) is 18.7. The molecular formula is C44H28O. The maximum Gasteiger partial charge on any atom is 0.143 e. The van der Waals surface area contributed by atoms with E-state index in [0.717, 1.165) is 21.9 Å². The van der Waals surface area contributed by atoms with Crippen molar-refractivity contribution < 1.29 is 15.4 Å². The normalized spacial score (nSPS) is 14.0. The predicted molar refractivity (Wildman–Crippen MR) is 190 cm³/mol. The van der Waals surface area contributed by atoms with Crippen LogP contribution in [-0.4, -0.2) is 0 Å². The topological polar surface area (TPSA) is 13.1 Å². The lowest BCUT2D eigenvalue weighted by Crippen LogP contribution is -1.91. The SMILES string of the molecule is [2H]c1c([2H])c([2H])c2c(-c3c(-c4ccc5ccccc5c4)oc4c(-c5ccccc5)cccc34)c3c([2H])c([2H])c([2H])c([2H])c3c(-c3ccccc3)c2c1[2H]. The zero-order chi connectivity index (χ0) is 36.7. The highest BCUT2D eigenvalue weighted by atomic mass is 16.3. The van der Waals surface area contributed by atoms with E-state index in [4.69, 9.17) is 9.90 Å². The van der Waals surface area contributed by atoms with Gasteiger partial charge in [-0.25, -0.2) is 0 Å². The average Bonchev–Trinajstić information content (AvgIpc) is 3.59. The van der Waals surface area contributed by atoms with Gasteiger partial charge in [0, 0.05) is 27.6 Å². The molecule has 8 aromatic carbocycles. The van der Waals surface area contributed by atoms with Crippen LogP contribution in [0.4, 0.5) is 0 Å². The van der Waals surface area contributed by atoms with Gasteiger partial charge in [-0.3, -0.25) is 0 Å². The molecule has 1 heteroatoms. The van der Waals surface area contributed by atoms with E-state index in [1.807, 2.05) is 97.1 Å². The van der Waals surface area contributed by atoms with Crippen LogP contribution < -0.4 is 0 Å². The van der Waals surface area contributed by atoms with E-state index in [1.165, 1.54) is 0 Å². The lowest BCUT2D eigenvalue weighted by atomic mass is 9.84. The first-order valence-electron chi connectivity index (χ1n) is 18.8. The number of hydrogen-bond donors (Lipinski definition) is 0. The summed E-state index contributed by atoms with van der Waals surface area (Å²) in [5.74, 6) is 0.406. The summed E-state index contributed by atoms with van der Waals surface area (Å²) in [6.07, 6.45) is 0. The fourth-order valence-corrected chi connectivity index (χ4v) is 6.51. The second-order valence-electron chi connectivity index (χ2n) is 11.0. The third-order valence-corrected chi connectivity index (χ3v) is 8.50. The van der Waals surface area contributed by atoms with Crippen LogP contribution in [0.1, 0.15) is 11.0 Å². The van der Waals surface area contributed by atoms with E-state index in [1.54, 1.807) is 24.3 Å². The minimum absolute atomic E-state index is 0.141. The summed E-state index contributed by atoms with van der Waals surface area (Å²) in [6, 6.07) is 35.4. The Bertz CT molecular complexity index is 2890. The zero-order valence-corrected chi connectivity index (χ0v) is 24.0. The molecule has 1 nitrogen and oxygen atoms in total. The van der Waals surface area contributed by atoms with Crippen molar-refractivity contribution in [1.29, 1.82) is 0 Å². The van der Waals surface area contributed by atoms with Crippen molar-refractivity contribution in [1.82, 2.24) is 0 Å². The van der Waals surface area contributed by atoms with Crippen molar-refractivity contribution in [2.45, 2.75) is 0 Å². The number of furan rings is 1. The highest BCUT2D eigenvalue weighted by Gasteiger charge is 2.25. The summed E-state index contributed by atoms with van der Waals surface area (Å²) in [4.78, 5) is 0. The zero-order valence-electron chi connectivity index (χ0n) is 32.0. The second-order valence-corrected chi connectivity index (χ2v) is 11.0. The number of hydrogen-bond acceptors (Lipinski definition) is 1. The molecule has 0 aliphatic rings. The van der Waals surface area contributed by atoms with Gasteiger partial charge in [-0.1, -0.05) is 164 Å². The van der Waals surface area contributed by atoms with Gasteiger partial charge in [-0.2, -0.15) is 0 Å². The van der Waals surface area contributed by atoms with Crippen LogP contribution in [0, 0.1) is 0 Å². The van der Waals surface area contributed by atoms with E-state index < -0.39 is 24.2 Å². The van der Waals surface area contributed by atoms with E-state index >= 15 is 0 Å². The number of para-hydroxylation sites is 1. The Labute approximate surface area is 272 Å². The fraction of sp³-hybridized carbons (Fsp3) is 0. The average molecular weight is 581 g/mol. The molecule has 9 aromatic rings. The Hall–Kier alpha value is -5.92. The minimum atomic E-state index is -0.451. The molecule has 1 heterocycles. The molecule has 45 heavy (non-hydrogen) atoms. The molecule has 0 aliphatic carbocycles. The highest BCUT2D eigenvalue weighted by Crippen LogP contribution is 2.50. The van der Waals surface area contributed by atoms with Gasteiger partial charge in [0.05, 0.1) is 11.0 Å². The van der Waals surface area contributed by atoms with Gasteiger partial charge in [0.25, 0.3) is 0 Å². The Morgan fingerprint density at radius 1 is 0.400 bits per heavy atom. The Balaban J connectivity index is 1.59. The molecule has 0 atom stereocenters. The van der Waals surface area contributed by atoms with Crippen LogP contribution in [0.2, 0.25) is 0 Å². The number of benzene rings is 8. The Kier molecular flexibility index (Phi) is 4.30. The summed E-state index contributed by atoms with van der Waals surface area (Å²) < 4.78 is 80.0. The third kappa shape index (κ3) is 4.09. The minimum Gasteiger partial charge on any atom is -0.455 e. The van der Waals surface area contributed by atoms with Crippen LogP contribution in [0.3, 0.4) is 0 Å².